The molecule has 0 saturated carbocycles. The third-order valence-corrected chi connectivity index (χ3v) is 1.18. The molecule has 0 fully saturated rings. The molecule has 0 bridgehead atoms. The lowest BCUT2D eigenvalue weighted by Crippen LogP contribution is -1.66. The predicted octanol–water partition coefficient (Wildman–Crippen LogP) is 3.25. The van der Waals surface area contributed by atoms with Gasteiger partial charge in [-0.15, -0.1) is 6.58 Å². The van der Waals surface area contributed by atoms with E-state index in [1.165, 1.54) is 0 Å². The molecule has 0 aromatic rings. The first-order chi connectivity index (χ1) is 4.85. The molecule has 0 aliphatic rings. The first-order valence-corrected chi connectivity index (χ1v) is 3.41. The lowest BCUT2D eigenvalue weighted by molar-refractivity contribution is 1.39. The van der Waals surface area contributed by atoms with Crippen molar-refractivity contribution in [2.24, 2.45) is 0 Å². The van der Waals surface area contributed by atoms with Crippen molar-refractivity contribution >= 4 is 0 Å². The summed E-state index contributed by atoms with van der Waals surface area (Å²) in [5, 5.41) is 0. The van der Waals surface area contributed by atoms with Gasteiger partial charge in [-0.1, -0.05) is 37.0 Å². The Morgan fingerprint density at radius 3 is 2.50 bits per heavy atom. The highest BCUT2D eigenvalue weighted by Gasteiger charge is 1.77. The third-order valence-electron chi connectivity index (χ3n) is 1.18. The van der Waals surface area contributed by atoms with Crippen LogP contribution in [0.3, 0.4) is 0 Å². The van der Waals surface area contributed by atoms with Crippen molar-refractivity contribution in [2.75, 3.05) is 0 Å². The molecule has 0 aliphatic carbocycles. The largest absolute Gasteiger partial charge is 0.103 e. The maximum atomic E-state index is 3.67. The Kier molecular flexibility index (Phi) is 5.45. The van der Waals surface area contributed by atoms with Crippen LogP contribution in [0.25, 0.3) is 0 Å². The zero-order chi connectivity index (χ0) is 7.82. The second kappa shape index (κ2) is 6.09. The van der Waals surface area contributed by atoms with Crippen LogP contribution in [0, 0.1) is 0 Å². The van der Waals surface area contributed by atoms with Crippen molar-refractivity contribution < 1.29 is 0 Å². The summed E-state index contributed by atoms with van der Waals surface area (Å²) in [6, 6.07) is 0. The summed E-state index contributed by atoms with van der Waals surface area (Å²) in [5.74, 6) is 0. The minimum atomic E-state index is 0.922. The molecule has 0 aromatic heterocycles. The summed E-state index contributed by atoms with van der Waals surface area (Å²) in [4.78, 5) is 0. The minimum absolute atomic E-state index is 0.922. The molecule has 10 heavy (non-hydrogen) atoms. The molecule has 0 nitrogen and oxygen atoms in total. The Hall–Kier alpha value is -1.04. The van der Waals surface area contributed by atoms with Crippen molar-refractivity contribution in [1.82, 2.24) is 0 Å². The zero-order valence-electron chi connectivity index (χ0n) is 6.51. The summed E-state index contributed by atoms with van der Waals surface area (Å²) >= 11 is 0. The highest BCUT2D eigenvalue weighted by atomic mass is 13.8. The van der Waals surface area contributed by atoms with Gasteiger partial charge in [-0.25, -0.2) is 0 Å². The van der Waals surface area contributed by atoms with Crippen LogP contribution in [-0.2, 0) is 0 Å². The molecule has 0 aliphatic heterocycles. The Bertz CT molecular complexity index is 159. The first kappa shape index (κ1) is 8.96. The zero-order valence-corrected chi connectivity index (χ0v) is 6.51. The Morgan fingerprint density at radius 2 is 2.10 bits per heavy atom. The fourth-order valence-corrected chi connectivity index (χ4v) is 0.582. The quantitative estimate of drug-likeness (QED) is 0.409. The molecule has 0 amide bonds. The van der Waals surface area contributed by atoms with Gasteiger partial charge in [0.05, 0.1) is 0 Å². The van der Waals surface area contributed by atoms with Crippen LogP contribution in [0.1, 0.15) is 13.3 Å². The van der Waals surface area contributed by atoms with Gasteiger partial charge < -0.3 is 0 Å². The molecule has 0 unspecified atom stereocenters. The topological polar surface area (TPSA) is 0 Å². The average molecular weight is 134 g/mol. The van der Waals surface area contributed by atoms with Crippen LogP contribution in [0.2, 0.25) is 0 Å². The molecule has 0 rings (SSSR count). The van der Waals surface area contributed by atoms with E-state index in [0.717, 1.165) is 12.0 Å². The number of hydrogen-bond donors (Lipinski definition) is 0. The van der Waals surface area contributed by atoms with Crippen molar-refractivity contribution in [3.8, 4) is 0 Å². The third kappa shape index (κ3) is 3.90. The number of hydrogen-bond acceptors (Lipinski definition) is 0. The molecule has 0 spiro atoms. The van der Waals surface area contributed by atoms with Gasteiger partial charge in [-0.3, -0.25) is 0 Å². The fourth-order valence-electron chi connectivity index (χ4n) is 0.582. The normalized spacial score (nSPS) is 11.9. The summed E-state index contributed by atoms with van der Waals surface area (Å²) in [5.41, 5.74) is 1.15. The molecule has 0 heterocycles. The molecule has 0 N–H and O–H groups in total. The van der Waals surface area contributed by atoms with Gasteiger partial charge in [0.2, 0.25) is 0 Å². The molecule has 0 saturated heterocycles. The van der Waals surface area contributed by atoms with E-state index in [0.29, 0.717) is 0 Å². The average Bonchev–Trinajstić information content (AvgIpc) is 1.99. The van der Waals surface area contributed by atoms with Crippen molar-refractivity contribution in [3.63, 3.8) is 0 Å². The van der Waals surface area contributed by atoms with Crippen molar-refractivity contribution in [1.29, 1.82) is 0 Å². The van der Waals surface area contributed by atoms with E-state index in [4.69, 9.17) is 0 Å². The maximum absolute atomic E-state index is 3.67. The first-order valence-electron chi connectivity index (χ1n) is 3.41. The van der Waals surface area contributed by atoms with Crippen LogP contribution in [0.5, 0.6) is 0 Å². The second-order valence-corrected chi connectivity index (χ2v) is 1.92. The standard InChI is InChI=1S/C10H14/c1-4-7-8-9-10(5-2)6-3/h4-6,8-9H,1-2,7H2,3H3. The predicted molar refractivity (Wildman–Crippen MR) is 47.9 cm³/mol. The summed E-state index contributed by atoms with van der Waals surface area (Å²) in [6.07, 6.45) is 10.7. The van der Waals surface area contributed by atoms with E-state index >= 15 is 0 Å². The van der Waals surface area contributed by atoms with Gasteiger partial charge in [-0.05, 0) is 18.9 Å². The van der Waals surface area contributed by atoms with E-state index in [-0.39, 0.29) is 0 Å². The Morgan fingerprint density at radius 1 is 1.40 bits per heavy atom. The number of rotatable bonds is 4. The summed E-state index contributed by atoms with van der Waals surface area (Å²) in [7, 11) is 0. The van der Waals surface area contributed by atoms with Gasteiger partial charge >= 0.3 is 0 Å². The van der Waals surface area contributed by atoms with Gasteiger partial charge in [-0.2, -0.15) is 0 Å². The molecule has 0 radical (unpaired) electrons. The minimum Gasteiger partial charge on any atom is -0.103 e. The number of allylic oxidation sites excluding steroid dienone is 6. The van der Waals surface area contributed by atoms with E-state index in [2.05, 4.69) is 19.2 Å². The Balaban J connectivity index is 3.84. The van der Waals surface area contributed by atoms with E-state index < -0.39 is 0 Å². The van der Waals surface area contributed by atoms with Crippen LogP contribution < -0.4 is 0 Å². The van der Waals surface area contributed by atoms with Gasteiger partial charge in [0, 0.05) is 0 Å². The lowest BCUT2D eigenvalue weighted by Gasteiger charge is -1.87. The maximum Gasteiger partial charge on any atom is -0.0169 e. The van der Waals surface area contributed by atoms with Crippen molar-refractivity contribution in [3.05, 3.63) is 49.1 Å². The summed E-state index contributed by atoms with van der Waals surface area (Å²) in [6.45, 7) is 9.27. The lowest BCUT2D eigenvalue weighted by atomic mass is 10.2. The summed E-state index contributed by atoms with van der Waals surface area (Å²) < 4.78 is 0. The molecule has 0 heteroatoms. The molecule has 54 valence electrons. The smallest absolute Gasteiger partial charge is 0.0169 e. The SMILES string of the molecule is C=CCC=CC(C=C)=CC. The van der Waals surface area contributed by atoms with E-state index in [1.54, 1.807) is 0 Å². The van der Waals surface area contributed by atoms with Gasteiger partial charge in [0.15, 0.2) is 0 Å². The molecule has 0 atom stereocenters. The monoisotopic (exact) mass is 134 g/mol. The fraction of sp³-hybridized carbons (Fsp3) is 0.200. The highest BCUT2D eigenvalue weighted by Crippen LogP contribution is 1.98. The second-order valence-electron chi connectivity index (χ2n) is 1.92. The van der Waals surface area contributed by atoms with E-state index in [9.17, 15) is 0 Å². The van der Waals surface area contributed by atoms with Gasteiger partial charge in [0.1, 0.15) is 0 Å². The van der Waals surface area contributed by atoms with Crippen LogP contribution in [0.15, 0.2) is 49.1 Å². The molecule has 0 aromatic carbocycles. The molecular weight excluding hydrogens is 120 g/mol. The van der Waals surface area contributed by atoms with Gasteiger partial charge in [0.25, 0.3) is 0 Å². The Labute approximate surface area is 63.3 Å². The van der Waals surface area contributed by atoms with Crippen LogP contribution >= 0.6 is 0 Å². The van der Waals surface area contributed by atoms with Crippen LogP contribution in [0.4, 0.5) is 0 Å². The van der Waals surface area contributed by atoms with E-state index in [1.807, 2.05) is 31.2 Å². The highest BCUT2D eigenvalue weighted by molar-refractivity contribution is 5.28. The van der Waals surface area contributed by atoms with Crippen molar-refractivity contribution in [2.45, 2.75) is 13.3 Å². The molecular formula is C10H14. The van der Waals surface area contributed by atoms with Crippen LogP contribution in [-0.4, -0.2) is 0 Å².